The molecule has 2 heterocycles. The normalized spacial score (nSPS) is 16.4. The van der Waals surface area contributed by atoms with E-state index < -0.39 is 19.9 Å². The van der Waals surface area contributed by atoms with Crippen molar-refractivity contribution in [3.05, 3.63) is 41.7 Å². The number of rotatable bonds is 6. The Bertz CT molecular complexity index is 1090. The molecule has 0 spiro atoms. The summed E-state index contributed by atoms with van der Waals surface area (Å²) in [6.07, 6.45) is 0.344. The lowest BCUT2D eigenvalue weighted by atomic mass is 10.3. The van der Waals surface area contributed by atoms with Crippen LogP contribution in [-0.2, 0) is 24.7 Å². The zero-order valence-electron chi connectivity index (χ0n) is 17.0. The summed E-state index contributed by atoms with van der Waals surface area (Å²) in [6, 6.07) is 8.03. The van der Waals surface area contributed by atoms with Crippen LogP contribution < -0.4 is 0 Å². The van der Waals surface area contributed by atoms with Gasteiger partial charge in [0, 0.05) is 32.6 Å². The van der Waals surface area contributed by atoms with Gasteiger partial charge >= 0.3 is 0 Å². The molecule has 3 rings (SSSR count). The molecule has 1 saturated heterocycles. The number of nitrogens with zero attached hydrogens (tertiary/aromatic N) is 3. The first kappa shape index (κ1) is 22.4. The van der Waals surface area contributed by atoms with Crippen LogP contribution in [-0.4, -0.2) is 74.1 Å². The fourth-order valence-corrected chi connectivity index (χ4v) is 6.61. The summed E-state index contributed by atoms with van der Waals surface area (Å²) in [4.78, 5) is 14.5. The Morgan fingerprint density at radius 2 is 1.73 bits per heavy atom. The van der Waals surface area contributed by atoms with Crippen molar-refractivity contribution in [3.8, 4) is 0 Å². The van der Waals surface area contributed by atoms with Gasteiger partial charge in [0.2, 0.25) is 15.9 Å². The summed E-state index contributed by atoms with van der Waals surface area (Å²) in [5.41, 5.74) is 0.895. The van der Waals surface area contributed by atoms with Gasteiger partial charge in [-0.05, 0) is 32.4 Å². The second kappa shape index (κ2) is 8.86. The molecule has 1 aliphatic rings. The molecular formula is C19H26N4O5S2. The highest BCUT2D eigenvalue weighted by Gasteiger charge is 2.32. The van der Waals surface area contributed by atoms with E-state index >= 15 is 0 Å². The van der Waals surface area contributed by atoms with Crippen LogP contribution >= 0.6 is 0 Å². The van der Waals surface area contributed by atoms with Crippen LogP contribution in [0.2, 0.25) is 0 Å². The molecule has 0 atom stereocenters. The Morgan fingerprint density at radius 1 is 1.03 bits per heavy atom. The SMILES string of the molecule is Cc1n[nH]c(C)c1S(=O)(=O)N1CCCN(C(=O)CCS(=O)(=O)c2ccccc2)CC1. The third kappa shape index (κ3) is 4.73. The molecule has 0 bridgehead atoms. The molecule has 164 valence electrons. The van der Waals surface area contributed by atoms with Gasteiger partial charge in [0.15, 0.2) is 9.84 Å². The standard InChI is InChI=1S/C19H26N4O5S2/c1-15-19(16(2)21-20-15)30(27,28)23-11-6-10-22(12-13-23)18(24)9-14-29(25,26)17-7-4-3-5-8-17/h3-5,7-8H,6,9-14H2,1-2H3,(H,20,21). The van der Waals surface area contributed by atoms with Crippen LogP contribution in [0.3, 0.4) is 0 Å². The minimum absolute atomic E-state index is 0.135. The number of nitrogens with one attached hydrogen (secondary N) is 1. The molecule has 0 aliphatic carbocycles. The maximum Gasteiger partial charge on any atom is 0.246 e. The number of sulfone groups is 1. The molecule has 1 aliphatic heterocycles. The summed E-state index contributed by atoms with van der Waals surface area (Å²) in [5.74, 6) is -0.564. The predicted molar refractivity (Wildman–Crippen MR) is 111 cm³/mol. The van der Waals surface area contributed by atoms with E-state index in [4.69, 9.17) is 0 Å². The van der Waals surface area contributed by atoms with E-state index in [1.807, 2.05) is 0 Å². The van der Waals surface area contributed by atoms with E-state index in [0.29, 0.717) is 30.9 Å². The van der Waals surface area contributed by atoms with Crippen molar-refractivity contribution in [1.29, 1.82) is 0 Å². The molecule has 11 heteroatoms. The van der Waals surface area contributed by atoms with Crippen LogP contribution in [0.15, 0.2) is 40.1 Å². The monoisotopic (exact) mass is 454 g/mol. The minimum atomic E-state index is -3.72. The number of aryl methyl sites for hydroxylation is 2. The first-order chi connectivity index (χ1) is 14.1. The van der Waals surface area contributed by atoms with Crippen molar-refractivity contribution in [2.24, 2.45) is 0 Å². The van der Waals surface area contributed by atoms with E-state index in [9.17, 15) is 21.6 Å². The van der Waals surface area contributed by atoms with E-state index in [2.05, 4.69) is 10.2 Å². The van der Waals surface area contributed by atoms with Crippen molar-refractivity contribution in [1.82, 2.24) is 19.4 Å². The van der Waals surface area contributed by atoms with Crippen LogP contribution in [0.5, 0.6) is 0 Å². The number of H-pyrrole nitrogens is 1. The highest BCUT2D eigenvalue weighted by atomic mass is 32.2. The van der Waals surface area contributed by atoms with E-state index in [1.54, 1.807) is 36.9 Å². The number of aromatic nitrogens is 2. The molecule has 1 aromatic heterocycles. The average molecular weight is 455 g/mol. The van der Waals surface area contributed by atoms with Gasteiger partial charge in [-0.2, -0.15) is 9.40 Å². The molecule has 0 radical (unpaired) electrons. The molecule has 1 amide bonds. The van der Waals surface area contributed by atoms with Crippen LogP contribution in [0, 0.1) is 13.8 Å². The Hall–Kier alpha value is -2.24. The van der Waals surface area contributed by atoms with Gasteiger partial charge in [-0.25, -0.2) is 16.8 Å². The third-order valence-electron chi connectivity index (χ3n) is 5.15. The number of sulfonamides is 1. The summed E-state index contributed by atoms with van der Waals surface area (Å²) in [6.45, 7) is 4.35. The highest BCUT2D eigenvalue weighted by Crippen LogP contribution is 2.23. The minimum Gasteiger partial charge on any atom is -0.341 e. The lowest BCUT2D eigenvalue weighted by Crippen LogP contribution is -2.38. The van der Waals surface area contributed by atoms with Crippen molar-refractivity contribution in [2.75, 3.05) is 31.9 Å². The summed E-state index contributed by atoms with van der Waals surface area (Å²) < 4.78 is 52.2. The molecule has 9 nitrogen and oxygen atoms in total. The number of benzene rings is 1. The van der Waals surface area contributed by atoms with Gasteiger partial charge in [0.1, 0.15) is 4.90 Å². The number of amides is 1. The number of aromatic amines is 1. The summed E-state index contributed by atoms with van der Waals surface area (Å²) in [7, 11) is -7.26. The van der Waals surface area contributed by atoms with E-state index in [1.165, 1.54) is 16.4 Å². The van der Waals surface area contributed by atoms with E-state index in [-0.39, 0.29) is 41.0 Å². The number of hydrogen-bond acceptors (Lipinski definition) is 6. The van der Waals surface area contributed by atoms with Gasteiger partial charge < -0.3 is 4.90 Å². The van der Waals surface area contributed by atoms with Crippen molar-refractivity contribution >= 4 is 25.8 Å². The van der Waals surface area contributed by atoms with E-state index in [0.717, 1.165) is 0 Å². The molecular weight excluding hydrogens is 428 g/mol. The van der Waals surface area contributed by atoms with Crippen LogP contribution in [0.4, 0.5) is 0 Å². The van der Waals surface area contributed by atoms with Gasteiger partial charge in [-0.15, -0.1) is 0 Å². The first-order valence-corrected chi connectivity index (χ1v) is 12.8. The molecule has 1 fully saturated rings. The number of carbonyl (C=O) groups is 1. The molecule has 1 N–H and O–H groups in total. The Morgan fingerprint density at radius 3 is 2.37 bits per heavy atom. The molecule has 2 aromatic rings. The van der Waals surface area contributed by atoms with Crippen LogP contribution in [0.1, 0.15) is 24.2 Å². The van der Waals surface area contributed by atoms with Gasteiger partial charge in [0.25, 0.3) is 0 Å². The van der Waals surface area contributed by atoms with Gasteiger partial charge in [-0.3, -0.25) is 9.89 Å². The lowest BCUT2D eigenvalue weighted by Gasteiger charge is -2.22. The first-order valence-electron chi connectivity index (χ1n) is 9.70. The smallest absolute Gasteiger partial charge is 0.246 e. The maximum atomic E-state index is 13.0. The van der Waals surface area contributed by atoms with Gasteiger partial charge in [0.05, 0.1) is 22.0 Å². The van der Waals surface area contributed by atoms with Crippen molar-refractivity contribution in [3.63, 3.8) is 0 Å². The summed E-state index contributed by atoms with van der Waals surface area (Å²) in [5, 5.41) is 6.66. The predicted octanol–water partition coefficient (Wildman–Crippen LogP) is 1.11. The Kier molecular flexibility index (Phi) is 6.63. The fraction of sp³-hybridized carbons (Fsp3) is 0.474. The third-order valence-corrected chi connectivity index (χ3v) is 9.05. The second-order valence-electron chi connectivity index (χ2n) is 7.28. The topological polar surface area (TPSA) is 121 Å². The van der Waals surface area contributed by atoms with Gasteiger partial charge in [-0.1, -0.05) is 18.2 Å². The van der Waals surface area contributed by atoms with Crippen molar-refractivity contribution in [2.45, 2.75) is 36.5 Å². The molecule has 1 aromatic carbocycles. The Balaban J connectivity index is 1.63. The second-order valence-corrected chi connectivity index (χ2v) is 11.3. The lowest BCUT2D eigenvalue weighted by molar-refractivity contribution is -0.130. The van der Waals surface area contributed by atoms with Crippen molar-refractivity contribution < 1.29 is 21.6 Å². The zero-order valence-corrected chi connectivity index (χ0v) is 18.7. The maximum absolute atomic E-state index is 13.0. The molecule has 0 unspecified atom stereocenters. The highest BCUT2D eigenvalue weighted by molar-refractivity contribution is 7.91. The average Bonchev–Trinajstić information content (AvgIpc) is 2.92. The largest absolute Gasteiger partial charge is 0.341 e. The zero-order chi connectivity index (χ0) is 21.9. The fourth-order valence-electron chi connectivity index (χ4n) is 3.56. The number of hydrogen-bond donors (Lipinski definition) is 1. The molecule has 0 saturated carbocycles. The molecule has 30 heavy (non-hydrogen) atoms. The summed E-state index contributed by atoms with van der Waals surface area (Å²) >= 11 is 0. The Labute approximate surface area is 177 Å². The number of carbonyl (C=O) groups excluding carboxylic acids is 1. The quantitative estimate of drug-likeness (QED) is 0.698. The van der Waals surface area contributed by atoms with Crippen LogP contribution in [0.25, 0.3) is 0 Å².